The SMILES string of the molecule is C=C(CCCNC(O)c1ccc(NC(=O)[C@@H]2NC3(CCCCC3)[C@@]3(C(=O)Nc4cc(Cl)ccc43)[C@H]2c2cccc(Cl)c2F)cn1)Cc1cccc2c1CN(C1CCC(=O)NC1=O)C2=O. The molecule has 1 saturated carbocycles. The maximum atomic E-state index is 16.3. The van der Waals surface area contributed by atoms with Gasteiger partial charge >= 0.3 is 0 Å². The molecule has 9 rings (SSSR count). The molecule has 332 valence electrons. The van der Waals surface area contributed by atoms with E-state index in [1.54, 1.807) is 47.4 Å². The molecule has 13 nitrogen and oxygen atoms in total. The quantitative estimate of drug-likeness (QED) is 0.0389. The minimum absolute atomic E-state index is 0.113. The number of hydrogen-bond acceptors (Lipinski definition) is 9. The summed E-state index contributed by atoms with van der Waals surface area (Å²) < 4.78 is 16.3. The first-order chi connectivity index (χ1) is 30.8. The van der Waals surface area contributed by atoms with Crippen molar-refractivity contribution in [3.63, 3.8) is 0 Å². The molecular formula is C48H48Cl2FN7O6. The largest absolute Gasteiger partial charge is 0.373 e. The highest BCUT2D eigenvalue weighted by atomic mass is 35.5. The molecule has 4 aliphatic heterocycles. The molecule has 0 bridgehead atoms. The zero-order valence-electron chi connectivity index (χ0n) is 34.9. The van der Waals surface area contributed by atoms with Crippen LogP contribution in [0.25, 0.3) is 0 Å². The normalized spacial score (nSPS) is 23.8. The zero-order valence-corrected chi connectivity index (χ0v) is 36.5. The molecule has 5 heterocycles. The van der Waals surface area contributed by atoms with Crippen molar-refractivity contribution in [1.82, 2.24) is 25.8 Å². The highest BCUT2D eigenvalue weighted by molar-refractivity contribution is 6.31. The van der Waals surface area contributed by atoms with Crippen molar-refractivity contribution >= 4 is 64.1 Å². The van der Waals surface area contributed by atoms with Crippen LogP contribution < -0.4 is 26.6 Å². The number of carbonyl (C=O) groups excluding carboxylic acids is 5. The second-order valence-corrected chi connectivity index (χ2v) is 18.4. The van der Waals surface area contributed by atoms with Gasteiger partial charge in [-0.15, -0.1) is 0 Å². The molecule has 2 unspecified atom stereocenters. The summed E-state index contributed by atoms with van der Waals surface area (Å²) in [7, 11) is 0. The standard InChI is InChI=1S/C48H48Cl2FN7O6/c1-26(22-27-9-5-10-30-32(27)25-58(45(30)63)37-17-18-38(59)56-43(37)61)8-7-21-52-42(60)35-16-14-29(24-53-35)54-44(62)41-39(31-11-6-12-34(50)40(31)51)48(47(57-41)19-3-2-4-20-47)33-15-13-28(49)23-36(33)55-46(48)64/h5-6,9-16,23-24,37,39,41-42,52,57,60H,1-4,7-8,17-22,25H2,(H,54,62)(H,55,64)(H,56,59,61)/t37?,39-,41+,42?,48+/m0/s1. The summed E-state index contributed by atoms with van der Waals surface area (Å²) in [6, 6.07) is 16.9. The number of rotatable bonds is 12. The molecule has 5 atom stereocenters. The number of aliphatic hydroxyl groups excluding tert-OH is 1. The number of allylic oxidation sites excluding steroid dienone is 1. The highest BCUT2D eigenvalue weighted by Crippen LogP contribution is 2.63. The van der Waals surface area contributed by atoms with Crippen molar-refractivity contribution in [3.8, 4) is 0 Å². The average Bonchev–Trinajstić information content (AvgIpc) is 3.87. The van der Waals surface area contributed by atoms with Gasteiger partial charge in [0.25, 0.3) is 5.91 Å². The Hall–Kier alpha value is -5.51. The van der Waals surface area contributed by atoms with E-state index < -0.39 is 52.8 Å². The van der Waals surface area contributed by atoms with Gasteiger partial charge in [-0.25, -0.2) is 4.39 Å². The van der Waals surface area contributed by atoms with E-state index in [2.05, 4.69) is 38.1 Å². The number of carbonyl (C=O) groups is 5. The molecular weight excluding hydrogens is 860 g/mol. The number of imide groups is 1. The number of hydrogen-bond donors (Lipinski definition) is 6. The Bertz CT molecular complexity index is 2590. The Morgan fingerprint density at radius 2 is 1.81 bits per heavy atom. The van der Waals surface area contributed by atoms with E-state index in [9.17, 15) is 29.1 Å². The summed E-state index contributed by atoms with van der Waals surface area (Å²) in [5.41, 5.74) is 3.09. The molecule has 0 radical (unpaired) electrons. The van der Waals surface area contributed by atoms with E-state index >= 15 is 4.39 Å². The fourth-order valence-corrected chi connectivity index (χ4v) is 11.3. The predicted octanol–water partition coefficient (Wildman–Crippen LogP) is 6.74. The van der Waals surface area contributed by atoms with Crippen LogP contribution in [0.4, 0.5) is 15.8 Å². The van der Waals surface area contributed by atoms with Crippen molar-refractivity contribution in [1.29, 1.82) is 0 Å². The van der Waals surface area contributed by atoms with Gasteiger partial charge in [0, 0.05) is 40.7 Å². The van der Waals surface area contributed by atoms with Crippen LogP contribution >= 0.6 is 23.2 Å². The maximum Gasteiger partial charge on any atom is 0.255 e. The van der Waals surface area contributed by atoms with Crippen LogP contribution in [0, 0.1) is 5.82 Å². The molecule has 2 saturated heterocycles. The van der Waals surface area contributed by atoms with E-state index in [0.29, 0.717) is 84.8 Å². The van der Waals surface area contributed by atoms with Crippen LogP contribution in [-0.2, 0) is 37.6 Å². The fraction of sp³-hybridized carbons (Fsp3) is 0.375. The number of nitrogens with zero attached hydrogens (tertiary/aromatic N) is 2. The minimum atomic E-state index is -1.37. The molecule has 64 heavy (non-hydrogen) atoms. The second kappa shape index (κ2) is 17.5. The number of piperidine rings is 1. The molecule has 6 N–H and O–H groups in total. The number of nitrogens with one attached hydrogen (secondary N) is 5. The summed E-state index contributed by atoms with van der Waals surface area (Å²) in [5.74, 6) is -3.48. The van der Waals surface area contributed by atoms with Gasteiger partial charge < -0.3 is 20.6 Å². The van der Waals surface area contributed by atoms with E-state index in [0.717, 1.165) is 36.0 Å². The zero-order chi connectivity index (χ0) is 44.9. The van der Waals surface area contributed by atoms with Crippen molar-refractivity contribution < 1.29 is 33.5 Å². The van der Waals surface area contributed by atoms with Crippen LogP contribution in [0.1, 0.15) is 108 Å². The summed E-state index contributed by atoms with van der Waals surface area (Å²) in [6.45, 7) is 4.99. The van der Waals surface area contributed by atoms with E-state index in [-0.39, 0.29) is 34.7 Å². The van der Waals surface area contributed by atoms with Gasteiger partial charge in [0.15, 0.2) is 0 Å². The van der Waals surface area contributed by atoms with E-state index in [1.807, 2.05) is 18.2 Å². The van der Waals surface area contributed by atoms with Gasteiger partial charge in [-0.2, -0.15) is 0 Å². The molecule has 3 fully saturated rings. The van der Waals surface area contributed by atoms with Gasteiger partial charge in [0.05, 0.1) is 28.6 Å². The number of aliphatic hydroxyl groups is 1. The van der Waals surface area contributed by atoms with Crippen LogP contribution in [-0.4, -0.2) is 68.7 Å². The first kappa shape index (κ1) is 43.7. The summed E-state index contributed by atoms with van der Waals surface area (Å²) >= 11 is 12.8. The molecule has 1 aliphatic carbocycles. The first-order valence-corrected chi connectivity index (χ1v) is 22.5. The Kier molecular flexibility index (Phi) is 11.9. The predicted molar refractivity (Wildman–Crippen MR) is 239 cm³/mol. The minimum Gasteiger partial charge on any atom is -0.373 e. The Morgan fingerprint density at radius 1 is 1.02 bits per heavy atom. The second-order valence-electron chi connectivity index (χ2n) is 17.5. The molecule has 1 aromatic heterocycles. The van der Waals surface area contributed by atoms with Crippen molar-refractivity contribution in [3.05, 3.63) is 134 Å². The first-order valence-electron chi connectivity index (χ1n) is 21.7. The van der Waals surface area contributed by atoms with Gasteiger partial charge in [-0.1, -0.05) is 84.9 Å². The van der Waals surface area contributed by atoms with Gasteiger partial charge in [-0.3, -0.25) is 44.9 Å². The van der Waals surface area contributed by atoms with Crippen LogP contribution in [0.2, 0.25) is 10.0 Å². The molecule has 5 aliphatic rings. The van der Waals surface area contributed by atoms with Crippen LogP contribution in [0.15, 0.2) is 85.1 Å². The van der Waals surface area contributed by atoms with Gasteiger partial charge in [0.2, 0.25) is 23.6 Å². The number of halogens is 3. The summed E-state index contributed by atoms with van der Waals surface area (Å²) in [6.07, 6.45) is 6.43. The van der Waals surface area contributed by atoms with Crippen LogP contribution in [0.3, 0.4) is 0 Å². The lowest BCUT2D eigenvalue weighted by atomic mass is 9.55. The number of aromatic nitrogens is 1. The van der Waals surface area contributed by atoms with Gasteiger partial charge in [-0.05, 0) is 104 Å². The number of pyridine rings is 1. The molecule has 3 aromatic carbocycles. The Balaban J connectivity index is 0.845. The average molecular weight is 909 g/mol. The van der Waals surface area contributed by atoms with Crippen LogP contribution in [0.5, 0.6) is 0 Å². The highest BCUT2D eigenvalue weighted by Gasteiger charge is 2.72. The van der Waals surface area contributed by atoms with E-state index in [4.69, 9.17) is 23.2 Å². The molecule has 4 aromatic rings. The topological polar surface area (TPSA) is 182 Å². The van der Waals surface area contributed by atoms with Crippen molar-refractivity contribution in [2.24, 2.45) is 0 Å². The number of benzene rings is 3. The third-order valence-corrected chi connectivity index (χ3v) is 14.3. The maximum absolute atomic E-state index is 16.3. The van der Waals surface area contributed by atoms with Gasteiger partial charge in [0.1, 0.15) is 23.5 Å². The number of fused-ring (bicyclic) bond motifs is 4. The fourth-order valence-electron chi connectivity index (χ4n) is 10.9. The molecule has 5 amide bonds. The summed E-state index contributed by atoms with van der Waals surface area (Å²) in [4.78, 5) is 72.6. The lowest BCUT2D eigenvalue weighted by molar-refractivity contribution is -0.137. The monoisotopic (exact) mass is 907 g/mol. The number of anilines is 2. The van der Waals surface area contributed by atoms with Crippen molar-refractivity contribution in [2.45, 2.75) is 106 Å². The summed E-state index contributed by atoms with van der Waals surface area (Å²) in [5, 5.41) is 26.3. The Morgan fingerprint density at radius 3 is 2.58 bits per heavy atom. The lowest BCUT2D eigenvalue weighted by Crippen LogP contribution is -2.60. The van der Waals surface area contributed by atoms with Crippen molar-refractivity contribution in [2.75, 3.05) is 17.2 Å². The lowest BCUT2D eigenvalue weighted by Gasteiger charge is -2.47. The van der Waals surface area contributed by atoms with E-state index in [1.165, 1.54) is 12.3 Å². The molecule has 16 heteroatoms. The third kappa shape index (κ3) is 7.58. The smallest absolute Gasteiger partial charge is 0.255 e. The molecule has 2 spiro atoms. The Labute approximate surface area is 379 Å². The third-order valence-electron chi connectivity index (χ3n) is 13.8. The number of amides is 5.